The summed E-state index contributed by atoms with van der Waals surface area (Å²) in [4.78, 5) is 5.72. The van der Waals surface area contributed by atoms with E-state index in [1.807, 2.05) is 6.20 Å². The van der Waals surface area contributed by atoms with Gasteiger partial charge in [-0.1, -0.05) is 0 Å². The van der Waals surface area contributed by atoms with Gasteiger partial charge in [-0.05, 0) is 12.8 Å². The van der Waals surface area contributed by atoms with E-state index >= 15 is 0 Å². The van der Waals surface area contributed by atoms with E-state index in [1.165, 1.54) is 17.7 Å². The summed E-state index contributed by atoms with van der Waals surface area (Å²) < 4.78 is 10.3. The van der Waals surface area contributed by atoms with Crippen LogP contribution in [0, 0.1) is 0 Å². The van der Waals surface area contributed by atoms with Crippen molar-refractivity contribution in [2.24, 2.45) is 0 Å². The zero-order chi connectivity index (χ0) is 11.9. The van der Waals surface area contributed by atoms with Gasteiger partial charge < -0.3 is 14.8 Å². The number of nitrogens with one attached hydrogen (secondary N) is 1. The summed E-state index contributed by atoms with van der Waals surface area (Å²) in [6.45, 7) is 3.02. The molecule has 0 amide bonds. The molecular weight excluding hydrogens is 236 g/mol. The lowest BCUT2D eigenvalue weighted by Crippen LogP contribution is -2.14. The summed E-state index contributed by atoms with van der Waals surface area (Å²) in [7, 11) is 1.68. The van der Waals surface area contributed by atoms with E-state index in [-0.39, 0.29) is 0 Å². The molecule has 1 aromatic heterocycles. The molecule has 0 aliphatic heterocycles. The average Bonchev–Trinajstić information content (AvgIpc) is 3.06. The Morgan fingerprint density at radius 1 is 1.41 bits per heavy atom. The van der Waals surface area contributed by atoms with Crippen molar-refractivity contribution in [3.8, 4) is 0 Å². The predicted octanol–water partition coefficient (Wildman–Crippen LogP) is 1.60. The molecule has 0 unspecified atom stereocenters. The Morgan fingerprint density at radius 3 is 3.06 bits per heavy atom. The Morgan fingerprint density at radius 2 is 2.29 bits per heavy atom. The fourth-order valence-corrected chi connectivity index (χ4v) is 2.34. The molecule has 0 radical (unpaired) electrons. The van der Waals surface area contributed by atoms with Crippen molar-refractivity contribution in [2.75, 3.05) is 26.9 Å². The third-order valence-corrected chi connectivity index (χ3v) is 3.69. The van der Waals surface area contributed by atoms with Crippen molar-refractivity contribution >= 4 is 11.3 Å². The minimum atomic E-state index is 0.661. The number of nitrogens with zero attached hydrogens (tertiary/aromatic N) is 1. The minimum absolute atomic E-state index is 0.661. The van der Waals surface area contributed by atoms with Gasteiger partial charge in [0.1, 0.15) is 0 Å². The van der Waals surface area contributed by atoms with Crippen LogP contribution < -0.4 is 5.32 Å². The van der Waals surface area contributed by atoms with E-state index in [2.05, 4.69) is 10.3 Å². The van der Waals surface area contributed by atoms with Crippen LogP contribution in [0.5, 0.6) is 0 Å². The summed E-state index contributed by atoms with van der Waals surface area (Å²) in [5.74, 6) is 0. The fraction of sp³-hybridized carbons (Fsp3) is 0.750. The highest BCUT2D eigenvalue weighted by Gasteiger charge is 2.20. The first-order chi connectivity index (χ1) is 8.38. The maximum absolute atomic E-state index is 5.42. The number of methoxy groups -OCH3 is 1. The van der Waals surface area contributed by atoms with Crippen molar-refractivity contribution < 1.29 is 9.47 Å². The molecule has 1 aliphatic rings. The number of aromatic nitrogens is 1. The zero-order valence-electron chi connectivity index (χ0n) is 10.3. The van der Waals surface area contributed by atoms with Crippen LogP contribution in [0.15, 0.2) is 6.20 Å². The van der Waals surface area contributed by atoms with Gasteiger partial charge in [0, 0.05) is 37.2 Å². The van der Waals surface area contributed by atoms with Gasteiger partial charge in [0.2, 0.25) is 0 Å². The molecule has 1 aromatic rings. The second kappa shape index (κ2) is 7.06. The van der Waals surface area contributed by atoms with E-state index in [4.69, 9.17) is 9.47 Å². The lowest BCUT2D eigenvalue weighted by Gasteiger charge is -2.01. The lowest BCUT2D eigenvalue weighted by atomic mass is 10.5. The molecule has 5 heteroatoms. The van der Waals surface area contributed by atoms with Gasteiger partial charge in [-0.15, -0.1) is 11.3 Å². The highest BCUT2D eigenvalue weighted by Crippen LogP contribution is 2.20. The maximum atomic E-state index is 5.42. The van der Waals surface area contributed by atoms with Gasteiger partial charge >= 0.3 is 0 Å². The topological polar surface area (TPSA) is 43.4 Å². The Bertz CT molecular complexity index is 326. The van der Waals surface area contributed by atoms with Gasteiger partial charge in [-0.25, -0.2) is 4.98 Å². The first-order valence-corrected chi connectivity index (χ1v) is 6.94. The summed E-state index contributed by atoms with van der Waals surface area (Å²) in [6.07, 6.45) is 5.54. The summed E-state index contributed by atoms with van der Waals surface area (Å²) in [6, 6.07) is 0.762. The molecule has 96 valence electrons. The molecule has 0 saturated heterocycles. The number of ether oxygens (including phenoxy) is 2. The monoisotopic (exact) mass is 256 g/mol. The van der Waals surface area contributed by atoms with Crippen LogP contribution in [0.25, 0.3) is 0 Å². The third kappa shape index (κ3) is 5.12. The Balaban J connectivity index is 1.59. The Hall–Kier alpha value is -0.490. The molecule has 1 aliphatic carbocycles. The normalized spacial score (nSPS) is 15.4. The molecule has 0 spiro atoms. The predicted molar refractivity (Wildman–Crippen MR) is 68.4 cm³/mol. The molecule has 1 saturated carbocycles. The van der Waals surface area contributed by atoms with Crippen LogP contribution >= 0.6 is 11.3 Å². The highest BCUT2D eigenvalue weighted by molar-refractivity contribution is 7.11. The summed E-state index contributed by atoms with van der Waals surface area (Å²) >= 11 is 1.78. The van der Waals surface area contributed by atoms with Crippen LogP contribution in [0.1, 0.15) is 22.7 Å². The summed E-state index contributed by atoms with van der Waals surface area (Å²) in [5.41, 5.74) is 0. The Labute approximate surface area is 106 Å². The number of hydrogen-bond donors (Lipinski definition) is 1. The first-order valence-electron chi connectivity index (χ1n) is 6.12. The number of hydrogen-bond acceptors (Lipinski definition) is 5. The van der Waals surface area contributed by atoms with Crippen molar-refractivity contribution in [1.29, 1.82) is 0 Å². The van der Waals surface area contributed by atoms with E-state index in [1.54, 1.807) is 18.4 Å². The molecule has 1 N–H and O–H groups in total. The molecule has 0 aromatic carbocycles. The van der Waals surface area contributed by atoms with E-state index in [0.29, 0.717) is 13.2 Å². The van der Waals surface area contributed by atoms with Gasteiger partial charge in [-0.3, -0.25) is 0 Å². The van der Waals surface area contributed by atoms with Crippen molar-refractivity contribution in [2.45, 2.75) is 31.8 Å². The molecule has 0 atom stereocenters. The molecule has 1 heterocycles. The van der Waals surface area contributed by atoms with E-state index in [0.717, 1.165) is 30.6 Å². The molecule has 4 nitrogen and oxygen atoms in total. The highest BCUT2D eigenvalue weighted by atomic mass is 32.1. The minimum Gasteiger partial charge on any atom is -0.382 e. The molecule has 2 rings (SSSR count). The maximum Gasteiger partial charge on any atom is 0.0951 e. The zero-order valence-corrected chi connectivity index (χ0v) is 11.1. The van der Waals surface area contributed by atoms with Crippen LogP contribution in [0.2, 0.25) is 0 Å². The SMILES string of the molecule is COCCOCCc1ncc(CNC2CC2)s1. The van der Waals surface area contributed by atoms with Crippen LogP contribution in [0.4, 0.5) is 0 Å². The van der Waals surface area contributed by atoms with Crippen LogP contribution in [0.3, 0.4) is 0 Å². The quantitative estimate of drug-likeness (QED) is 0.682. The standard InChI is InChI=1S/C12H20N2O2S/c1-15-6-7-16-5-4-12-14-9-11(17-12)8-13-10-2-3-10/h9-10,13H,2-8H2,1H3. The molecule has 1 fully saturated rings. The van der Waals surface area contributed by atoms with Crippen molar-refractivity contribution in [1.82, 2.24) is 10.3 Å². The smallest absolute Gasteiger partial charge is 0.0951 e. The molecule has 0 bridgehead atoms. The summed E-state index contributed by atoms with van der Waals surface area (Å²) in [5, 5.41) is 4.65. The number of thiazole rings is 1. The van der Waals surface area contributed by atoms with Gasteiger partial charge in [0.15, 0.2) is 0 Å². The molecule has 17 heavy (non-hydrogen) atoms. The van der Waals surface area contributed by atoms with Gasteiger partial charge in [0.05, 0.1) is 24.8 Å². The van der Waals surface area contributed by atoms with Gasteiger partial charge in [-0.2, -0.15) is 0 Å². The lowest BCUT2D eigenvalue weighted by molar-refractivity contribution is 0.0722. The average molecular weight is 256 g/mol. The van der Waals surface area contributed by atoms with Gasteiger partial charge in [0.25, 0.3) is 0 Å². The third-order valence-electron chi connectivity index (χ3n) is 2.64. The van der Waals surface area contributed by atoms with Crippen LogP contribution in [-0.4, -0.2) is 38.0 Å². The van der Waals surface area contributed by atoms with E-state index < -0.39 is 0 Å². The first kappa shape index (κ1) is 13.0. The second-order valence-electron chi connectivity index (χ2n) is 4.23. The van der Waals surface area contributed by atoms with Crippen molar-refractivity contribution in [3.63, 3.8) is 0 Å². The van der Waals surface area contributed by atoms with Crippen LogP contribution in [-0.2, 0) is 22.4 Å². The largest absolute Gasteiger partial charge is 0.382 e. The second-order valence-corrected chi connectivity index (χ2v) is 5.43. The van der Waals surface area contributed by atoms with E-state index in [9.17, 15) is 0 Å². The number of rotatable bonds is 9. The van der Waals surface area contributed by atoms with Crippen molar-refractivity contribution in [3.05, 3.63) is 16.1 Å². The Kier molecular flexibility index (Phi) is 5.38. The fourth-order valence-electron chi connectivity index (χ4n) is 1.48. The molecular formula is C12H20N2O2S.